The zero-order chi connectivity index (χ0) is 19.3. The predicted octanol–water partition coefficient (Wildman–Crippen LogP) is 3.80. The van der Waals surface area contributed by atoms with Gasteiger partial charge < -0.3 is 5.73 Å². The highest BCUT2D eigenvalue weighted by Crippen LogP contribution is 2.21. The first-order chi connectivity index (χ1) is 11.4. The fourth-order valence-electron chi connectivity index (χ4n) is 1.76. The number of rotatable bonds is 1. The summed E-state index contributed by atoms with van der Waals surface area (Å²) in [6.07, 6.45) is 1.62. The molecule has 2 heterocycles. The minimum absolute atomic E-state index is 0.0524. The summed E-state index contributed by atoms with van der Waals surface area (Å²) in [5.74, 6) is -0.548. The van der Waals surface area contributed by atoms with Crippen molar-refractivity contribution in [3.05, 3.63) is 59.0 Å². The van der Waals surface area contributed by atoms with E-state index in [1.165, 1.54) is 0 Å². The molecule has 0 bridgehead atoms. The van der Waals surface area contributed by atoms with E-state index in [9.17, 15) is 4.79 Å². The second kappa shape index (κ2) is 7.84. The Kier molecular flexibility index (Phi) is 6.35. The van der Waals surface area contributed by atoms with Crippen LogP contribution < -0.4 is 5.73 Å². The molecule has 6 nitrogen and oxygen atoms in total. The summed E-state index contributed by atoms with van der Waals surface area (Å²) in [5, 5.41) is 7.64. The molecule has 6 heteroatoms. The van der Waals surface area contributed by atoms with Crippen molar-refractivity contribution in [3.63, 3.8) is 0 Å². The second-order valence-electron chi connectivity index (χ2n) is 7.68. The zero-order valence-electron chi connectivity index (χ0n) is 15.7. The summed E-state index contributed by atoms with van der Waals surface area (Å²) in [6, 6.07) is 7.08. The molecule has 0 aromatic carbocycles. The summed E-state index contributed by atoms with van der Waals surface area (Å²) in [4.78, 5) is 18.2. The van der Waals surface area contributed by atoms with E-state index in [4.69, 9.17) is 12.3 Å². The zero-order valence-corrected chi connectivity index (χ0v) is 15.7. The molecule has 132 valence electrons. The van der Waals surface area contributed by atoms with E-state index in [0.29, 0.717) is 5.69 Å². The van der Waals surface area contributed by atoms with Crippen LogP contribution in [0.15, 0.2) is 30.5 Å². The van der Waals surface area contributed by atoms with Crippen LogP contribution in [-0.2, 0) is 10.8 Å². The van der Waals surface area contributed by atoms with Gasteiger partial charge in [-0.3, -0.25) is 9.78 Å². The van der Waals surface area contributed by atoms with Gasteiger partial charge in [-0.15, -0.1) is 5.10 Å². The van der Waals surface area contributed by atoms with Crippen molar-refractivity contribution >= 4 is 11.6 Å². The van der Waals surface area contributed by atoms with E-state index in [-0.39, 0.29) is 16.5 Å². The fraction of sp³-hybridized carbons (Fsp3) is 0.421. The monoisotopic (exact) mass is 339 g/mol. The van der Waals surface area contributed by atoms with Crippen molar-refractivity contribution in [3.8, 4) is 0 Å². The van der Waals surface area contributed by atoms with E-state index < -0.39 is 5.91 Å². The Morgan fingerprint density at radius 1 is 0.960 bits per heavy atom. The number of primary amides is 1. The van der Waals surface area contributed by atoms with Gasteiger partial charge in [0.05, 0.1) is 12.3 Å². The average molecular weight is 339 g/mol. The molecule has 1 amide bonds. The molecule has 0 atom stereocenters. The number of carbonyl (C=O) groups excluding carboxylic acids is 1. The molecule has 2 N–H and O–H groups in total. The van der Waals surface area contributed by atoms with Gasteiger partial charge in [0, 0.05) is 22.7 Å². The van der Waals surface area contributed by atoms with Gasteiger partial charge in [-0.1, -0.05) is 53.7 Å². The molecule has 0 unspecified atom stereocenters. The van der Waals surface area contributed by atoms with Crippen molar-refractivity contribution in [2.24, 2.45) is 5.73 Å². The van der Waals surface area contributed by atoms with Crippen molar-refractivity contribution in [2.75, 3.05) is 0 Å². The normalized spacial score (nSPS) is 11.1. The molecule has 2 rings (SSSR count). The third-order valence-electron chi connectivity index (χ3n) is 3.33. The number of hydrogen-bond donors (Lipinski definition) is 1. The maximum atomic E-state index is 10.7. The Balaban J connectivity index is 0.000000251. The summed E-state index contributed by atoms with van der Waals surface area (Å²) >= 11 is 0. The molecule has 0 aliphatic heterocycles. The van der Waals surface area contributed by atoms with Crippen LogP contribution in [0.4, 0.5) is 5.69 Å². The quantitative estimate of drug-likeness (QED) is 0.801. The van der Waals surface area contributed by atoms with Crippen molar-refractivity contribution in [1.82, 2.24) is 15.2 Å². The first-order valence-corrected chi connectivity index (χ1v) is 7.93. The molecule has 0 saturated heterocycles. The molecular formula is C19H25N5O. The molecule has 0 radical (unpaired) electrons. The summed E-state index contributed by atoms with van der Waals surface area (Å²) in [5.41, 5.74) is 7.72. The van der Waals surface area contributed by atoms with Crippen LogP contribution in [0, 0.1) is 6.57 Å². The fourth-order valence-corrected chi connectivity index (χ4v) is 1.76. The van der Waals surface area contributed by atoms with E-state index >= 15 is 0 Å². The Morgan fingerprint density at radius 2 is 1.52 bits per heavy atom. The largest absolute Gasteiger partial charge is 0.364 e. The summed E-state index contributed by atoms with van der Waals surface area (Å²) in [7, 11) is 0. The van der Waals surface area contributed by atoms with Gasteiger partial charge in [0.15, 0.2) is 5.69 Å². The third-order valence-corrected chi connectivity index (χ3v) is 3.33. The summed E-state index contributed by atoms with van der Waals surface area (Å²) < 4.78 is 0. The standard InChI is InChI=1S/C10H12N2.C9H13N3O/c1-10(2,3)9-6-5-8(11-4)7-12-9;1-9(2,3)7-5-4-6(8(10)13)11-12-7/h5-7H,1-3H3;4-5H,1-3H3,(H2,10,13). The smallest absolute Gasteiger partial charge is 0.269 e. The van der Waals surface area contributed by atoms with Crippen molar-refractivity contribution in [2.45, 2.75) is 52.4 Å². The van der Waals surface area contributed by atoms with Crippen molar-refractivity contribution in [1.29, 1.82) is 0 Å². The Bertz CT molecular complexity index is 745. The number of aromatic nitrogens is 3. The molecule has 25 heavy (non-hydrogen) atoms. The van der Waals surface area contributed by atoms with E-state index in [2.05, 4.69) is 40.8 Å². The maximum absolute atomic E-state index is 10.7. The van der Waals surface area contributed by atoms with Crippen LogP contribution in [0.1, 0.15) is 63.4 Å². The highest BCUT2D eigenvalue weighted by Gasteiger charge is 2.16. The molecular weight excluding hydrogens is 314 g/mol. The average Bonchev–Trinajstić information content (AvgIpc) is 2.54. The van der Waals surface area contributed by atoms with Crippen LogP contribution in [0.5, 0.6) is 0 Å². The topological polar surface area (TPSA) is 86.1 Å². The second-order valence-corrected chi connectivity index (χ2v) is 7.68. The van der Waals surface area contributed by atoms with Gasteiger partial charge in [0.1, 0.15) is 0 Å². The minimum atomic E-state index is -0.548. The lowest BCUT2D eigenvalue weighted by Crippen LogP contribution is -2.18. The lowest BCUT2D eigenvalue weighted by atomic mass is 9.92. The van der Waals surface area contributed by atoms with Crippen LogP contribution in [-0.4, -0.2) is 21.1 Å². The molecule has 2 aromatic heterocycles. The minimum Gasteiger partial charge on any atom is -0.364 e. The SMILES string of the molecule is CC(C)(C)c1ccc(C(N)=O)nn1.[C-]#[N+]c1ccc(C(C)(C)C)nc1. The predicted molar refractivity (Wildman–Crippen MR) is 98.4 cm³/mol. The van der Waals surface area contributed by atoms with Gasteiger partial charge in [-0.25, -0.2) is 4.85 Å². The Hall–Kier alpha value is -2.81. The lowest BCUT2D eigenvalue weighted by molar-refractivity contribution is 0.0994. The van der Waals surface area contributed by atoms with Gasteiger partial charge in [0.2, 0.25) is 5.69 Å². The number of nitrogens with zero attached hydrogens (tertiary/aromatic N) is 4. The lowest BCUT2D eigenvalue weighted by Gasteiger charge is -2.16. The molecule has 0 aliphatic carbocycles. The molecule has 2 aromatic rings. The van der Waals surface area contributed by atoms with E-state index in [0.717, 1.165) is 11.4 Å². The Labute approximate surface area is 149 Å². The van der Waals surface area contributed by atoms with E-state index in [1.54, 1.807) is 24.4 Å². The Morgan fingerprint density at radius 3 is 1.84 bits per heavy atom. The number of amides is 1. The molecule has 0 spiro atoms. The number of carbonyl (C=O) groups is 1. The number of pyridine rings is 1. The van der Waals surface area contributed by atoms with Gasteiger partial charge >= 0.3 is 0 Å². The number of nitrogens with two attached hydrogens (primary N) is 1. The summed E-state index contributed by atoms with van der Waals surface area (Å²) in [6.45, 7) is 19.2. The van der Waals surface area contributed by atoms with Crippen LogP contribution in [0.25, 0.3) is 4.85 Å². The van der Waals surface area contributed by atoms with Gasteiger partial charge in [-0.05, 0) is 12.1 Å². The molecule has 0 saturated carbocycles. The van der Waals surface area contributed by atoms with Crippen molar-refractivity contribution < 1.29 is 4.79 Å². The highest BCUT2D eigenvalue weighted by molar-refractivity contribution is 5.90. The van der Waals surface area contributed by atoms with Crippen LogP contribution in [0.2, 0.25) is 0 Å². The van der Waals surface area contributed by atoms with E-state index in [1.807, 2.05) is 26.8 Å². The van der Waals surface area contributed by atoms with Gasteiger partial charge in [0.25, 0.3) is 5.91 Å². The molecule has 0 fully saturated rings. The third kappa shape index (κ3) is 6.30. The first kappa shape index (κ1) is 20.2. The van der Waals surface area contributed by atoms with Crippen LogP contribution in [0.3, 0.4) is 0 Å². The molecule has 0 aliphatic rings. The first-order valence-electron chi connectivity index (χ1n) is 7.93. The maximum Gasteiger partial charge on any atom is 0.269 e. The number of hydrogen-bond acceptors (Lipinski definition) is 4. The van der Waals surface area contributed by atoms with Gasteiger partial charge in [-0.2, -0.15) is 5.10 Å². The highest BCUT2D eigenvalue weighted by atomic mass is 16.1. The van der Waals surface area contributed by atoms with Crippen LogP contribution >= 0.6 is 0 Å².